The van der Waals surface area contributed by atoms with Crippen LogP contribution in [0.2, 0.25) is 0 Å². The summed E-state index contributed by atoms with van der Waals surface area (Å²) in [5.41, 5.74) is 3.14. The number of nitrogens with one attached hydrogen (secondary N) is 1. The van der Waals surface area contributed by atoms with Crippen LogP contribution in [0.3, 0.4) is 0 Å². The van der Waals surface area contributed by atoms with Crippen molar-refractivity contribution < 1.29 is 4.74 Å². The van der Waals surface area contributed by atoms with Gasteiger partial charge in [-0.2, -0.15) is 0 Å². The van der Waals surface area contributed by atoms with Gasteiger partial charge in [0.15, 0.2) is 0 Å². The van der Waals surface area contributed by atoms with Gasteiger partial charge in [-0.3, -0.25) is 11.3 Å². The molecule has 2 saturated heterocycles. The van der Waals surface area contributed by atoms with Gasteiger partial charge in [-0.1, -0.05) is 19.8 Å². The zero-order valence-corrected chi connectivity index (χ0v) is 10.9. The van der Waals surface area contributed by atoms with Gasteiger partial charge in [0.2, 0.25) is 0 Å². The predicted octanol–water partition coefficient (Wildman–Crippen LogP) is 2.21. The van der Waals surface area contributed by atoms with Crippen LogP contribution in [0.5, 0.6) is 0 Å². The van der Waals surface area contributed by atoms with Gasteiger partial charge >= 0.3 is 0 Å². The molecule has 3 aliphatic rings. The predicted molar refractivity (Wildman–Crippen MR) is 68.2 cm³/mol. The van der Waals surface area contributed by atoms with E-state index < -0.39 is 0 Å². The number of nitrogens with two attached hydrogens (primary N) is 1. The maximum Gasteiger partial charge on any atom is 0.0624 e. The van der Waals surface area contributed by atoms with E-state index in [4.69, 9.17) is 10.6 Å². The maximum absolute atomic E-state index is 5.99. The van der Waals surface area contributed by atoms with Crippen molar-refractivity contribution in [3.8, 4) is 0 Å². The zero-order valence-electron chi connectivity index (χ0n) is 10.9. The Morgan fingerprint density at radius 3 is 2.65 bits per heavy atom. The first-order valence-corrected chi connectivity index (χ1v) is 7.39. The Balaban J connectivity index is 1.66. The Hall–Kier alpha value is -0.120. The van der Waals surface area contributed by atoms with Crippen molar-refractivity contribution >= 4 is 0 Å². The summed E-state index contributed by atoms with van der Waals surface area (Å²) < 4.78 is 5.99. The van der Waals surface area contributed by atoms with Gasteiger partial charge in [0.25, 0.3) is 0 Å². The van der Waals surface area contributed by atoms with E-state index in [2.05, 4.69) is 12.3 Å². The zero-order chi connectivity index (χ0) is 11.8. The van der Waals surface area contributed by atoms with E-state index in [1.54, 1.807) is 0 Å². The third kappa shape index (κ3) is 2.25. The molecule has 0 aromatic rings. The number of rotatable bonds is 3. The topological polar surface area (TPSA) is 47.3 Å². The molecule has 0 spiro atoms. The quantitative estimate of drug-likeness (QED) is 0.585. The lowest BCUT2D eigenvalue weighted by molar-refractivity contribution is 0.0728. The molecule has 1 saturated carbocycles. The van der Waals surface area contributed by atoms with Crippen molar-refractivity contribution in [3.05, 3.63) is 0 Å². The van der Waals surface area contributed by atoms with E-state index >= 15 is 0 Å². The van der Waals surface area contributed by atoms with Gasteiger partial charge in [0.1, 0.15) is 0 Å². The lowest BCUT2D eigenvalue weighted by Gasteiger charge is -2.38. The van der Waals surface area contributed by atoms with Crippen molar-refractivity contribution in [2.24, 2.45) is 23.6 Å². The second-order valence-corrected chi connectivity index (χ2v) is 6.50. The molecule has 1 aliphatic carbocycles. The van der Waals surface area contributed by atoms with Crippen LogP contribution >= 0.6 is 0 Å². The lowest BCUT2D eigenvalue weighted by Crippen LogP contribution is -2.50. The van der Waals surface area contributed by atoms with Crippen LogP contribution < -0.4 is 11.3 Å². The Labute approximate surface area is 104 Å². The normalized spacial score (nSPS) is 47.3. The Morgan fingerprint density at radius 2 is 2.06 bits per heavy atom. The molecular weight excluding hydrogens is 212 g/mol. The van der Waals surface area contributed by atoms with Gasteiger partial charge < -0.3 is 4.74 Å². The molecule has 3 nitrogen and oxygen atoms in total. The monoisotopic (exact) mass is 238 g/mol. The Morgan fingerprint density at radius 1 is 1.18 bits per heavy atom. The second kappa shape index (κ2) is 4.87. The highest BCUT2D eigenvalue weighted by molar-refractivity contribution is 4.97. The molecule has 3 N–H and O–H groups in total. The summed E-state index contributed by atoms with van der Waals surface area (Å²) in [5.74, 6) is 8.18. The molecule has 2 heterocycles. The van der Waals surface area contributed by atoms with E-state index in [1.807, 2.05) is 0 Å². The second-order valence-electron chi connectivity index (χ2n) is 6.50. The van der Waals surface area contributed by atoms with E-state index in [9.17, 15) is 0 Å². The van der Waals surface area contributed by atoms with Crippen molar-refractivity contribution in [1.82, 2.24) is 5.43 Å². The highest BCUT2D eigenvalue weighted by atomic mass is 16.5. The molecule has 0 aromatic heterocycles. The molecule has 3 heteroatoms. The Kier molecular flexibility index (Phi) is 3.42. The number of hydrogen-bond acceptors (Lipinski definition) is 3. The SMILES string of the molecule is CC1CCCC(C(NN)C2CC3CCC2O3)C1. The fraction of sp³-hybridized carbons (Fsp3) is 1.00. The van der Waals surface area contributed by atoms with Crippen molar-refractivity contribution in [2.45, 2.75) is 70.1 Å². The largest absolute Gasteiger partial charge is 0.375 e. The fourth-order valence-corrected chi connectivity index (χ4v) is 4.47. The summed E-state index contributed by atoms with van der Waals surface area (Å²) in [4.78, 5) is 0. The van der Waals surface area contributed by atoms with Gasteiger partial charge in [-0.15, -0.1) is 0 Å². The molecular formula is C14H26N2O. The summed E-state index contributed by atoms with van der Waals surface area (Å²) in [5, 5.41) is 0. The molecule has 98 valence electrons. The summed E-state index contributed by atoms with van der Waals surface area (Å²) in [7, 11) is 0. The maximum atomic E-state index is 5.99. The van der Waals surface area contributed by atoms with Crippen LogP contribution in [0.15, 0.2) is 0 Å². The summed E-state index contributed by atoms with van der Waals surface area (Å²) in [6, 6.07) is 0.494. The molecule has 6 atom stereocenters. The molecule has 0 amide bonds. The van der Waals surface area contributed by atoms with Crippen molar-refractivity contribution in [1.29, 1.82) is 0 Å². The first-order valence-electron chi connectivity index (χ1n) is 7.39. The molecule has 0 radical (unpaired) electrons. The number of hydrogen-bond donors (Lipinski definition) is 2. The van der Waals surface area contributed by atoms with Crippen LogP contribution in [0.25, 0.3) is 0 Å². The van der Waals surface area contributed by atoms with Crippen LogP contribution in [0.4, 0.5) is 0 Å². The number of ether oxygens (including phenoxy) is 1. The van der Waals surface area contributed by atoms with Gasteiger partial charge in [-0.25, -0.2) is 0 Å². The molecule has 2 aliphatic heterocycles. The van der Waals surface area contributed by atoms with Crippen LogP contribution in [0.1, 0.15) is 51.9 Å². The Bertz CT molecular complexity index is 271. The van der Waals surface area contributed by atoms with Crippen molar-refractivity contribution in [3.63, 3.8) is 0 Å². The third-order valence-electron chi connectivity index (χ3n) is 5.29. The average Bonchev–Trinajstić information content (AvgIpc) is 2.92. The molecule has 17 heavy (non-hydrogen) atoms. The minimum Gasteiger partial charge on any atom is -0.375 e. The highest BCUT2D eigenvalue weighted by Gasteiger charge is 2.46. The number of fused-ring (bicyclic) bond motifs is 2. The van der Waals surface area contributed by atoms with Crippen LogP contribution in [0, 0.1) is 17.8 Å². The summed E-state index contributed by atoms with van der Waals surface area (Å²) in [6.45, 7) is 2.39. The van der Waals surface area contributed by atoms with Gasteiger partial charge in [-0.05, 0) is 43.9 Å². The standard InChI is InChI=1S/C14H26N2O/c1-9-3-2-4-10(7-9)14(16-15)12-8-11-5-6-13(12)17-11/h9-14,16H,2-8,15H2,1H3. The van der Waals surface area contributed by atoms with E-state index in [0.29, 0.717) is 24.2 Å². The fourth-order valence-electron chi connectivity index (χ4n) is 4.47. The minimum absolute atomic E-state index is 0.494. The third-order valence-corrected chi connectivity index (χ3v) is 5.29. The molecule has 6 unspecified atom stereocenters. The van der Waals surface area contributed by atoms with E-state index in [0.717, 1.165) is 11.8 Å². The molecule has 2 bridgehead atoms. The van der Waals surface area contributed by atoms with E-state index in [1.165, 1.54) is 44.9 Å². The van der Waals surface area contributed by atoms with Crippen LogP contribution in [-0.4, -0.2) is 18.2 Å². The summed E-state index contributed by atoms with van der Waals surface area (Å²) >= 11 is 0. The smallest absolute Gasteiger partial charge is 0.0624 e. The molecule has 0 aromatic carbocycles. The molecule has 3 fully saturated rings. The number of hydrazine groups is 1. The lowest BCUT2D eigenvalue weighted by atomic mass is 9.71. The molecule has 3 rings (SSSR count). The highest BCUT2D eigenvalue weighted by Crippen LogP contribution is 2.44. The average molecular weight is 238 g/mol. The van der Waals surface area contributed by atoms with E-state index in [-0.39, 0.29) is 0 Å². The van der Waals surface area contributed by atoms with Crippen molar-refractivity contribution in [2.75, 3.05) is 0 Å². The van der Waals surface area contributed by atoms with Gasteiger partial charge in [0, 0.05) is 12.0 Å². The van der Waals surface area contributed by atoms with Crippen LogP contribution in [-0.2, 0) is 4.74 Å². The minimum atomic E-state index is 0.494. The summed E-state index contributed by atoms with van der Waals surface area (Å²) in [6.07, 6.45) is 10.3. The van der Waals surface area contributed by atoms with Gasteiger partial charge in [0.05, 0.1) is 12.2 Å². The first kappa shape index (κ1) is 11.9. The first-order chi connectivity index (χ1) is 8.28.